The second kappa shape index (κ2) is 9.63. The topological polar surface area (TPSA) is 20.3 Å². The number of carbonyl (C=O) groups is 1. The normalized spacial score (nSPS) is 25.4. The van der Waals surface area contributed by atoms with Gasteiger partial charge in [-0.25, -0.2) is 0 Å². The smallest absolute Gasteiger partial charge is 0.162 e. The first-order valence-corrected chi connectivity index (χ1v) is 14.1. The van der Waals surface area contributed by atoms with E-state index < -0.39 is 0 Å². The largest absolute Gasteiger partial charge is 0.299 e. The number of nitrogens with zero attached hydrogens (tertiary/aromatic N) is 1. The number of carbonyl (C=O) groups excluding carboxylic acids is 1. The summed E-state index contributed by atoms with van der Waals surface area (Å²) in [5, 5.41) is 0. The Labute approximate surface area is 216 Å². The third kappa shape index (κ3) is 4.57. The molecule has 1 saturated heterocycles. The molecule has 3 aromatic carbocycles. The van der Waals surface area contributed by atoms with Gasteiger partial charge in [-0.05, 0) is 96.2 Å². The molecule has 6 rings (SSSR count). The third-order valence-electron chi connectivity index (χ3n) is 9.57. The van der Waals surface area contributed by atoms with E-state index in [4.69, 9.17) is 0 Å². The van der Waals surface area contributed by atoms with Crippen molar-refractivity contribution in [3.8, 4) is 11.1 Å². The molecule has 2 aliphatic carbocycles. The van der Waals surface area contributed by atoms with Crippen LogP contribution in [0.2, 0.25) is 0 Å². The summed E-state index contributed by atoms with van der Waals surface area (Å²) >= 11 is 0. The molecule has 3 aromatic rings. The van der Waals surface area contributed by atoms with Crippen molar-refractivity contribution in [3.05, 3.63) is 95.1 Å². The van der Waals surface area contributed by atoms with Gasteiger partial charge in [0.1, 0.15) is 0 Å². The van der Waals surface area contributed by atoms with E-state index in [0.29, 0.717) is 24.2 Å². The Bertz CT molecular complexity index is 1230. The fourth-order valence-corrected chi connectivity index (χ4v) is 6.83. The van der Waals surface area contributed by atoms with E-state index >= 15 is 0 Å². The fraction of sp³-hybridized carbons (Fsp3) is 0.441. The highest BCUT2D eigenvalue weighted by Gasteiger charge is 2.49. The molecule has 1 saturated carbocycles. The van der Waals surface area contributed by atoms with Crippen LogP contribution in [0.3, 0.4) is 0 Å². The monoisotopic (exact) mass is 477 g/mol. The Kier molecular flexibility index (Phi) is 6.33. The molecule has 1 unspecified atom stereocenters. The minimum atomic E-state index is 0.190. The van der Waals surface area contributed by atoms with Crippen LogP contribution >= 0.6 is 0 Å². The van der Waals surface area contributed by atoms with Crippen LogP contribution in [-0.2, 0) is 18.3 Å². The second-order valence-corrected chi connectivity index (χ2v) is 11.9. The number of ketones is 1. The molecule has 2 bridgehead atoms. The molecule has 186 valence electrons. The van der Waals surface area contributed by atoms with Crippen molar-refractivity contribution in [2.24, 2.45) is 11.8 Å². The number of hydrogen-bond donors (Lipinski definition) is 0. The highest BCUT2D eigenvalue weighted by Crippen LogP contribution is 2.49. The Hall–Kier alpha value is -2.71. The lowest BCUT2D eigenvalue weighted by Gasteiger charge is -2.55. The lowest BCUT2D eigenvalue weighted by Crippen LogP contribution is -2.58. The van der Waals surface area contributed by atoms with Crippen LogP contribution in [0.4, 0.5) is 0 Å². The van der Waals surface area contributed by atoms with Gasteiger partial charge in [-0.2, -0.15) is 0 Å². The quantitative estimate of drug-likeness (QED) is 0.313. The number of fused-ring (bicyclic) bond motifs is 4. The number of benzene rings is 3. The van der Waals surface area contributed by atoms with Crippen LogP contribution in [0.1, 0.15) is 73.0 Å². The predicted octanol–water partition coefficient (Wildman–Crippen LogP) is 7.49. The van der Waals surface area contributed by atoms with E-state index in [1.165, 1.54) is 60.2 Å². The molecule has 3 atom stereocenters. The van der Waals surface area contributed by atoms with Crippen molar-refractivity contribution in [3.63, 3.8) is 0 Å². The zero-order chi connectivity index (χ0) is 24.7. The van der Waals surface area contributed by atoms with Gasteiger partial charge in [0.2, 0.25) is 0 Å². The molecule has 0 radical (unpaired) electrons. The van der Waals surface area contributed by atoms with Gasteiger partial charge in [-0.15, -0.1) is 0 Å². The van der Waals surface area contributed by atoms with Crippen molar-refractivity contribution in [1.29, 1.82) is 0 Å². The van der Waals surface area contributed by atoms with Gasteiger partial charge in [0.05, 0.1) is 0 Å². The van der Waals surface area contributed by atoms with Crippen molar-refractivity contribution in [1.82, 2.24) is 4.90 Å². The van der Waals surface area contributed by atoms with Gasteiger partial charge < -0.3 is 0 Å². The van der Waals surface area contributed by atoms with Crippen LogP contribution in [0.25, 0.3) is 11.1 Å². The van der Waals surface area contributed by atoms with Crippen molar-refractivity contribution in [2.75, 3.05) is 13.1 Å². The van der Waals surface area contributed by atoms with Crippen molar-refractivity contribution < 1.29 is 4.79 Å². The van der Waals surface area contributed by atoms with Crippen LogP contribution in [0, 0.1) is 11.8 Å². The molecule has 2 nitrogen and oxygen atoms in total. The van der Waals surface area contributed by atoms with Crippen LogP contribution in [-0.4, -0.2) is 29.8 Å². The Balaban J connectivity index is 1.10. The molecule has 2 fully saturated rings. The maximum Gasteiger partial charge on any atom is 0.162 e. The van der Waals surface area contributed by atoms with Crippen molar-refractivity contribution in [2.45, 2.75) is 70.3 Å². The summed E-state index contributed by atoms with van der Waals surface area (Å²) in [5.74, 6) is 1.88. The van der Waals surface area contributed by atoms with E-state index in [1.807, 2.05) is 6.07 Å². The Morgan fingerprint density at radius 1 is 0.972 bits per heavy atom. The van der Waals surface area contributed by atoms with Crippen LogP contribution < -0.4 is 0 Å². The molecule has 0 spiro atoms. The fourth-order valence-electron chi connectivity index (χ4n) is 6.83. The molecule has 36 heavy (non-hydrogen) atoms. The third-order valence-corrected chi connectivity index (χ3v) is 9.57. The number of piperidine rings is 1. The minimum absolute atomic E-state index is 0.190. The van der Waals surface area contributed by atoms with E-state index in [2.05, 4.69) is 85.5 Å². The number of rotatable bonds is 8. The standard InChI is InChI=1S/C34H39NO/c1-24-32-22-29-17-18-30(21-31(29)34(24,2)19-20-35(32)23-26-11-12-26)33(36)10-6-7-25-13-15-28(16-14-25)27-8-4-3-5-9-27/h3-5,8-9,13-18,21,24,26,32H,6-7,10-12,19-20,22-23H2,1-2H3/t24-,32?,34-/m0/s1. The summed E-state index contributed by atoms with van der Waals surface area (Å²) in [4.78, 5) is 16.0. The van der Waals surface area contributed by atoms with E-state index in [1.54, 1.807) is 0 Å². The predicted molar refractivity (Wildman–Crippen MR) is 149 cm³/mol. The molecule has 0 aromatic heterocycles. The average molecular weight is 478 g/mol. The van der Waals surface area contributed by atoms with Gasteiger partial charge >= 0.3 is 0 Å². The summed E-state index contributed by atoms with van der Waals surface area (Å²) in [5.41, 5.74) is 7.84. The van der Waals surface area contributed by atoms with E-state index in [-0.39, 0.29) is 5.41 Å². The van der Waals surface area contributed by atoms with Gasteiger partial charge in [-0.3, -0.25) is 9.69 Å². The lowest BCUT2D eigenvalue weighted by molar-refractivity contribution is 0.0284. The number of Topliss-reactive ketones (excluding diaryl/α,β-unsaturated/α-hetero) is 1. The minimum Gasteiger partial charge on any atom is -0.299 e. The van der Waals surface area contributed by atoms with Crippen LogP contribution in [0.5, 0.6) is 0 Å². The summed E-state index contributed by atoms with van der Waals surface area (Å²) in [7, 11) is 0. The van der Waals surface area contributed by atoms with Gasteiger partial charge in [0, 0.05) is 24.6 Å². The molecular formula is C34H39NO. The van der Waals surface area contributed by atoms with Crippen LogP contribution in [0.15, 0.2) is 72.8 Å². The molecule has 0 N–H and O–H groups in total. The van der Waals surface area contributed by atoms with E-state index in [0.717, 1.165) is 30.7 Å². The first-order valence-electron chi connectivity index (χ1n) is 14.1. The zero-order valence-corrected chi connectivity index (χ0v) is 21.9. The number of hydrogen-bond acceptors (Lipinski definition) is 2. The summed E-state index contributed by atoms with van der Waals surface area (Å²) in [6.07, 6.45) is 7.66. The molecule has 1 aliphatic heterocycles. The summed E-state index contributed by atoms with van der Waals surface area (Å²) < 4.78 is 0. The lowest BCUT2D eigenvalue weighted by atomic mass is 9.58. The first-order chi connectivity index (χ1) is 17.5. The maximum atomic E-state index is 13.2. The highest BCUT2D eigenvalue weighted by atomic mass is 16.1. The molecule has 2 heteroatoms. The maximum absolute atomic E-state index is 13.2. The Morgan fingerprint density at radius 2 is 1.72 bits per heavy atom. The van der Waals surface area contributed by atoms with E-state index in [9.17, 15) is 4.79 Å². The summed E-state index contributed by atoms with van der Waals surface area (Å²) in [6.45, 7) is 7.43. The molecule has 3 aliphatic rings. The average Bonchev–Trinajstić information content (AvgIpc) is 3.73. The molecule has 0 amide bonds. The number of likely N-dealkylation sites (tertiary alicyclic amines) is 1. The van der Waals surface area contributed by atoms with Crippen molar-refractivity contribution >= 4 is 5.78 Å². The van der Waals surface area contributed by atoms with Gasteiger partial charge in [0.25, 0.3) is 0 Å². The second-order valence-electron chi connectivity index (χ2n) is 11.9. The molecular weight excluding hydrogens is 438 g/mol. The van der Waals surface area contributed by atoms with Gasteiger partial charge in [-0.1, -0.05) is 80.6 Å². The highest BCUT2D eigenvalue weighted by molar-refractivity contribution is 5.96. The molecule has 1 heterocycles. The Morgan fingerprint density at radius 3 is 2.47 bits per heavy atom. The number of aryl methyl sites for hydroxylation is 1. The zero-order valence-electron chi connectivity index (χ0n) is 21.9. The first kappa shape index (κ1) is 23.7. The SMILES string of the molecule is C[C@H]1C2Cc3ccc(C(=O)CCCc4ccc(-c5ccccc5)cc4)cc3[C@@]1(C)CCN2CC1CC1. The summed E-state index contributed by atoms with van der Waals surface area (Å²) in [6, 6.07) is 26.6. The van der Waals surface area contributed by atoms with Gasteiger partial charge in [0.15, 0.2) is 5.78 Å².